The molecule has 0 aliphatic carbocycles. The monoisotopic (exact) mass is 513 g/mol. The number of sulfone groups is 1. The Morgan fingerprint density at radius 3 is 2.33 bits per heavy atom. The number of benzene rings is 1. The third-order valence-corrected chi connectivity index (χ3v) is 6.49. The molecule has 5 aromatic rings. The molecule has 12 heteroatoms. The van der Waals surface area contributed by atoms with Crippen molar-refractivity contribution in [3.8, 4) is 28.2 Å². The van der Waals surface area contributed by atoms with Crippen LogP contribution in [0.4, 0.5) is 13.2 Å². The van der Waals surface area contributed by atoms with Crippen molar-refractivity contribution in [1.29, 1.82) is 0 Å². The van der Waals surface area contributed by atoms with Crippen LogP contribution >= 0.6 is 0 Å². The maximum atomic E-state index is 14.0. The van der Waals surface area contributed by atoms with E-state index in [-0.39, 0.29) is 5.56 Å². The van der Waals surface area contributed by atoms with Crippen LogP contribution in [0.2, 0.25) is 0 Å². The molecular formula is C24H18F3N5O3S. The highest BCUT2D eigenvalue weighted by Gasteiger charge is 2.37. The molecule has 0 unspecified atom stereocenters. The van der Waals surface area contributed by atoms with E-state index in [0.717, 1.165) is 6.26 Å². The Bertz CT molecular complexity index is 1710. The van der Waals surface area contributed by atoms with Crippen molar-refractivity contribution in [2.24, 2.45) is 0 Å². The van der Waals surface area contributed by atoms with Gasteiger partial charge in [0.1, 0.15) is 17.0 Å². The van der Waals surface area contributed by atoms with Crippen molar-refractivity contribution < 1.29 is 26.1 Å². The van der Waals surface area contributed by atoms with Gasteiger partial charge >= 0.3 is 6.18 Å². The van der Waals surface area contributed by atoms with Crippen LogP contribution in [0.5, 0.6) is 0 Å². The molecule has 0 N–H and O–H groups in total. The van der Waals surface area contributed by atoms with Gasteiger partial charge in [-0.1, -0.05) is 23.4 Å². The van der Waals surface area contributed by atoms with E-state index in [1.165, 1.54) is 6.20 Å². The number of alkyl halides is 3. The summed E-state index contributed by atoms with van der Waals surface area (Å²) in [6.45, 7) is 3.51. The number of aromatic nitrogens is 5. The van der Waals surface area contributed by atoms with Crippen molar-refractivity contribution in [3.63, 3.8) is 0 Å². The number of hydrogen-bond acceptors (Lipinski definition) is 7. The lowest BCUT2D eigenvalue weighted by Crippen LogP contribution is -2.13. The molecule has 0 saturated carbocycles. The number of para-hydroxylation sites is 1. The molecule has 0 atom stereocenters. The second-order valence-corrected chi connectivity index (χ2v) is 10.1. The summed E-state index contributed by atoms with van der Waals surface area (Å²) in [6, 6.07) is 12.2. The van der Waals surface area contributed by atoms with Gasteiger partial charge in [-0.15, -0.1) is 0 Å². The Kier molecular flexibility index (Phi) is 5.43. The Morgan fingerprint density at radius 1 is 1.00 bits per heavy atom. The standard InChI is InChI=1S/C24H18F3N5O3S/c1-13-20(14(2)35-31-13)19-10-9-16-17(12-32(22(16)29-19)15-7-5-4-6-8-15)21-18(24(25,26)27)11-28-23(30-21)36(3,33)34/h4-12H,1-3H3. The molecule has 0 saturated heterocycles. The normalized spacial score (nSPS) is 12.4. The minimum absolute atomic E-state index is 0.0614. The molecule has 0 fully saturated rings. The molecule has 0 bridgehead atoms. The quantitative estimate of drug-likeness (QED) is 0.305. The van der Waals surface area contributed by atoms with Crippen molar-refractivity contribution in [3.05, 3.63) is 71.9 Å². The first-order valence-electron chi connectivity index (χ1n) is 10.6. The van der Waals surface area contributed by atoms with Gasteiger partial charge in [0.15, 0.2) is 0 Å². The van der Waals surface area contributed by atoms with E-state index < -0.39 is 32.4 Å². The molecule has 0 radical (unpaired) electrons. The Hall–Kier alpha value is -4.06. The van der Waals surface area contributed by atoms with Crippen LogP contribution in [0, 0.1) is 13.8 Å². The highest BCUT2D eigenvalue weighted by molar-refractivity contribution is 7.90. The van der Waals surface area contributed by atoms with Crippen LogP contribution < -0.4 is 0 Å². The van der Waals surface area contributed by atoms with Gasteiger partial charge in [-0.05, 0) is 38.1 Å². The lowest BCUT2D eigenvalue weighted by atomic mass is 10.1. The summed E-state index contributed by atoms with van der Waals surface area (Å²) >= 11 is 0. The zero-order chi connectivity index (χ0) is 25.8. The van der Waals surface area contributed by atoms with Crippen LogP contribution in [0.15, 0.2) is 64.5 Å². The van der Waals surface area contributed by atoms with Crippen molar-refractivity contribution in [2.45, 2.75) is 25.2 Å². The van der Waals surface area contributed by atoms with Crippen molar-refractivity contribution in [1.82, 2.24) is 24.7 Å². The number of nitrogens with zero attached hydrogens (tertiary/aromatic N) is 5. The highest BCUT2D eigenvalue weighted by atomic mass is 32.2. The first-order chi connectivity index (χ1) is 16.9. The Labute approximate surface area is 203 Å². The maximum absolute atomic E-state index is 14.0. The van der Waals surface area contributed by atoms with E-state index in [9.17, 15) is 21.6 Å². The molecule has 4 aromatic heterocycles. The predicted molar refractivity (Wildman–Crippen MR) is 125 cm³/mol. The van der Waals surface area contributed by atoms with Gasteiger partial charge < -0.3 is 9.09 Å². The average molecular weight is 514 g/mol. The fraction of sp³-hybridized carbons (Fsp3) is 0.167. The molecule has 0 aliphatic heterocycles. The molecule has 1 aromatic carbocycles. The summed E-state index contributed by atoms with van der Waals surface area (Å²) < 4.78 is 72.9. The van der Waals surface area contributed by atoms with E-state index in [2.05, 4.69) is 15.1 Å². The SMILES string of the molecule is Cc1noc(C)c1-c1ccc2c(-c3nc(S(C)(=O)=O)ncc3C(F)(F)F)cn(-c3ccccc3)c2n1. The molecule has 0 amide bonds. The van der Waals surface area contributed by atoms with Gasteiger partial charge in [0.05, 0.1) is 22.6 Å². The molecule has 0 aliphatic rings. The third kappa shape index (κ3) is 4.02. The maximum Gasteiger partial charge on any atom is 0.419 e. The van der Waals surface area contributed by atoms with Gasteiger partial charge in [-0.25, -0.2) is 23.4 Å². The summed E-state index contributed by atoms with van der Waals surface area (Å²) in [5, 5.41) is 3.60. The van der Waals surface area contributed by atoms with Gasteiger partial charge in [0.25, 0.3) is 0 Å². The fourth-order valence-corrected chi connectivity index (χ4v) is 4.52. The summed E-state index contributed by atoms with van der Waals surface area (Å²) in [7, 11) is -3.97. The van der Waals surface area contributed by atoms with Gasteiger partial charge in [0.2, 0.25) is 15.0 Å². The van der Waals surface area contributed by atoms with E-state index in [1.54, 1.807) is 54.8 Å². The smallest absolute Gasteiger partial charge is 0.361 e. The van der Waals surface area contributed by atoms with Gasteiger partial charge in [0, 0.05) is 35.3 Å². The molecule has 8 nitrogen and oxygen atoms in total. The minimum Gasteiger partial charge on any atom is -0.361 e. The molecule has 184 valence electrons. The van der Waals surface area contributed by atoms with Crippen LogP contribution in [0.25, 0.3) is 39.2 Å². The average Bonchev–Trinajstić information content (AvgIpc) is 3.37. The molecular weight excluding hydrogens is 495 g/mol. The molecule has 5 rings (SSSR count). The van der Waals surface area contributed by atoms with E-state index in [1.807, 2.05) is 6.07 Å². The largest absolute Gasteiger partial charge is 0.419 e. The second-order valence-electron chi connectivity index (χ2n) is 8.20. The number of rotatable bonds is 4. The molecule has 0 spiro atoms. The van der Waals surface area contributed by atoms with E-state index in [0.29, 0.717) is 45.6 Å². The van der Waals surface area contributed by atoms with E-state index >= 15 is 0 Å². The summed E-state index contributed by atoms with van der Waals surface area (Å²) in [5.41, 5.74) is 1.16. The number of aryl methyl sites for hydroxylation is 2. The highest BCUT2D eigenvalue weighted by Crippen LogP contribution is 2.40. The first kappa shape index (κ1) is 23.7. The number of hydrogen-bond donors (Lipinski definition) is 0. The topological polar surface area (TPSA) is 104 Å². The lowest BCUT2D eigenvalue weighted by Gasteiger charge is -2.12. The second kappa shape index (κ2) is 8.26. The third-order valence-electron chi connectivity index (χ3n) is 5.63. The zero-order valence-electron chi connectivity index (χ0n) is 19.2. The Balaban J connectivity index is 1.86. The Morgan fingerprint density at radius 2 is 1.72 bits per heavy atom. The molecule has 36 heavy (non-hydrogen) atoms. The first-order valence-corrected chi connectivity index (χ1v) is 12.5. The lowest BCUT2D eigenvalue weighted by molar-refractivity contribution is -0.137. The van der Waals surface area contributed by atoms with Gasteiger partial charge in [-0.3, -0.25) is 0 Å². The zero-order valence-corrected chi connectivity index (χ0v) is 20.0. The number of pyridine rings is 1. The number of halogens is 3. The number of fused-ring (bicyclic) bond motifs is 1. The van der Waals surface area contributed by atoms with Gasteiger partial charge in [-0.2, -0.15) is 13.2 Å². The minimum atomic E-state index is -4.82. The summed E-state index contributed by atoms with van der Waals surface area (Å²) in [5.74, 6) is 0.547. The fourth-order valence-electron chi connectivity index (χ4n) is 4.02. The van der Waals surface area contributed by atoms with Crippen LogP contribution in [0.3, 0.4) is 0 Å². The van der Waals surface area contributed by atoms with Crippen LogP contribution in [0.1, 0.15) is 17.0 Å². The predicted octanol–water partition coefficient (Wildman–Crippen LogP) is 5.18. The van der Waals surface area contributed by atoms with Crippen molar-refractivity contribution >= 4 is 20.9 Å². The van der Waals surface area contributed by atoms with Crippen LogP contribution in [-0.4, -0.2) is 39.3 Å². The summed E-state index contributed by atoms with van der Waals surface area (Å²) in [6.07, 6.45) is -2.02. The van der Waals surface area contributed by atoms with E-state index in [4.69, 9.17) is 9.51 Å². The molecule has 4 heterocycles. The summed E-state index contributed by atoms with van der Waals surface area (Å²) in [4.78, 5) is 12.1. The van der Waals surface area contributed by atoms with Crippen molar-refractivity contribution in [2.75, 3.05) is 6.26 Å². The van der Waals surface area contributed by atoms with Crippen LogP contribution in [-0.2, 0) is 16.0 Å².